The van der Waals surface area contributed by atoms with Crippen molar-refractivity contribution in [3.8, 4) is 0 Å². The van der Waals surface area contributed by atoms with E-state index in [9.17, 15) is 0 Å². The van der Waals surface area contributed by atoms with Crippen molar-refractivity contribution in [2.45, 2.75) is 63.8 Å². The van der Waals surface area contributed by atoms with Gasteiger partial charge in [-0.05, 0) is 38.9 Å². The fourth-order valence-electron chi connectivity index (χ4n) is 2.76. The minimum atomic E-state index is 0.266. The van der Waals surface area contributed by atoms with Crippen molar-refractivity contribution >= 4 is 19.0 Å². The predicted molar refractivity (Wildman–Crippen MR) is 100 cm³/mol. The molecule has 0 radical (unpaired) electrons. The van der Waals surface area contributed by atoms with Crippen LogP contribution in [0.1, 0.15) is 33.1 Å². The van der Waals surface area contributed by atoms with Crippen LogP contribution in [0.25, 0.3) is 0 Å². The van der Waals surface area contributed by atoms with Crippen LogP contribution < -0.4 is 0 Å². The fourth-order valence-corrected chi connectivity index (χ4v) is 4.91. The third-order valence-corrected chi connectivity index (χ3v) is 7.52. The first-order valence-electron chi connectivity index (χ1n) is 9.05. The summed E-state index contributed by atoms with van der Waals surface area (Å²) in [5.41, 5.74) is 0. The molecule has 0 bridgehead atoms. The molecule has 0 aliphatic rings. The summed E-state index contributed by atoms with van der Waals surface area (Å²) in [4.78, 5) is 6.85. The van der Waals surface area contributed by atoms with Crippen molar-refractivity contribution < 1.29 is 0 Å². The highest BCUT2D eigenvalue weighted by atomic mass is 28.2. The van der Waals surface area contributed by atoms with E-state index in [-0.39, 0.29) is 19.0 Å². The van der Waals surface area contributed by atoms with Gasteiger partial charge in [0, 0.05) is 38.0 Å². The van der Waals surface area contributed by atoms with E-state index >= 15 is 0 Å². The van der Waals surface area contributed by atoms with Crippen LogP contribution in [0, 0.1) is 0 Å². The molecule has 0 aromatic carbocycles. The van der Waals surface area contributed by atoms with Crippen LogP contribution in [0.4, 0.5) is 0 Å². The summed E-state index contributed by atoms with van der Waals surface area (Å²) in [6.45, 7) is 9.76. The maximum atomic E-state index is 4.12. The van der Waals surface area contributed by atoms with E-state index in [0.29, 0.717) is 0 Å². The Kier molecular flexibility index (Phi) is 11.8. The van der Waals surface area contributed by atoms with Crippen LogP contribution >= 0.6 is 0 Å². The Bertz CT molecular complexity index is 305. The maximum absolute atomic E-state index is 4.12. The number of hydrogen-bond acceptors (Lipinski definition) is 2. The van der Waals surface area contributed by atoms with E-state index in [2.05, 4.69) is 34.5 Å². The smallest absolute Gasteiger partial charge is 0.0945 e. The highest BCUT2D eigenvalue weighted by Gasteiger charge is 2.04. The summed E-state index contributed by atoms with van der Waals surface area (Å²) in [6, 6.07) is 6.03. The van der Waals surface area contributed by atoms with E-state index in [1.54, 1.807) is 0 Å². The molecule has 122 valence electrons. The standard InChI is InChI=1S/C16H35N3Si2/c1-3-20-14-6-11-18(12-7-15-21-4-2)9-5-10-19-13-8-17-16-19/h8,13,16H,3-7,9-12,14-15,20-21H2,1-2H3. The largest absolute Gasteiger partial charge is 0.337 e. The number of nitrogens with zero attached hydrogens (tertiary/aromatic N) is 3. The zero-order valence-electron chi connectivity index (χ0n) is 14.3. The molecule has 0 amide bonds. The van der Waals surface area contributed by atoms with Crippen molar-refractivity contribution in [2.24, 2.45) is 0 Å². The molecule has 0 spiro atoms. The lowest BCUT2D eigenvalue weighted by molar-refractivity contribution is 0.266. The monoisotopic (exact) mass is 325 g/mol. The third-order valence-electron chi connectivity index (χ3n) is 4.11. The number of aryl methyl sites for hydroxylation is 1. The molecule has 1 heterocycles. The Morgan fingerprint density at radius 2 is 1.57 bits per heavy atom. The first-order valence-corrected chi connectivity index (χ1v) is 13.0. The summed E-state index contributed by atoms with van der Waals surface area (Å²) < 4.78 is 2.20. The normalized spacial score (nSPS) is 12.5. The van der Waals surface area contributed by atoms with Crippen LogP contribution in [-0.4, -0.2) is 53.1 Å². The van der Waals surface area contributed by atoms with Crippen molar-refractivity contribution in [3.05, 3.63) is 18.7 Å². The highest BCUT2D eigenvalue weighted by molar-refractivity contribution is 6.35. The van der Waals surface area contributed by atoms with Gasteiger partial charge in [0.2, 0.25) is 0 Å². The molecule has 0 aliphatic heterocycles. The third kappa shape index (κ3) is 10.0. The van der Waals surface area contributed by atoms with Gasteiger partial charge in [0.15, 0.2) is 0 Å². The molecule has 5 heteroatoms. The Morgan fingerprint density at radius 3 is 2.10 bits per heavy atom. The summed E-state index contributed by atoms with van der Waals surface area (Å²) in [5, 5.41) is 0. The van der Waals surface area contributed by atoms with E-state index in [0.717, 1.165) is 6.54 Å². The van der Waals surface area contributed by atoms with Crippen LogP contribution in [0.2, 0.25) is 24.2 Å². The Labute approximate surface area is 136 Å². The van der Waals surface area contributed by atoms with E-state index in [4.69, 9.17) is 0 Å². The van der Waals surface area contributed by atoms with Gasteiger partial charge < -0.3 is 9.47 Å². The van der Waals surface area contributed by atoms with Gasteiger partial charge in [-0.1, -0.05) is 38.0 Å². The summed E-state index contributed by atoms with van der Waals surface area (Å²) in [7, 11) is 0.531. The maximum Gasteiger partial charge on any atom is 0.0945 e. The van der Waals surface area contributed by atoms with Crippen LogP contribution in [0.3, 0.4) is 0 Å². The summed E-state index contributed by atoms with van der Waals surface area (Å²) in [6.07, 6.45) is 10.0. The average molecular weight is 326 g/mol. The van der Waals surface area contributed by atoms with Crippen LogP contribution in [-0.2, 0) is 6.54 Å². The molecular formula is C16H35N3Si2. The van der Waals surface area contributed by atoms with Gasteiger partial charge in [0.05, 0.1) is 6.33 Å². The first kappa shape index (κ1) is 18.7. The lowest BCUT2D eigenvalue weighted by Crippen LogP contribution is -2.28. The van der Waals surface area contributed by atoms with Crippen molar-refractivity contribution in [3.63, 3.8) is 0 Å². The van der Waals surface area contributed by atoms with Gasteiger partial charge >= 0.3 is 0 Å². The zero-order valence-corrected chi connectivity index (χ0v) is 17.1. The second-order valence-electron chi connectivity index (χ2n) is 6.12. The minimum absolute atomic E-state index is 0.266. The molecular weight excluding hydrogens is 290 g/mol. The Morgan fingerprint density at radius 1 is 0.952 bits per heavy atom. The Balaban J connectivity index is 2.17. The molecule has 21 heavy (non-hydrogen) atoms. The molecule has 1 aromatic heterocycles. The molecule has 1 aromatic rings. The number of rotatable bonds is 14. The van der Waals surface area contributed by atoms with E-state index in [1.165, 1.54) is 63.1 Å². The van der Waals surface area contributed by atoms with Crippen molar-refractivity contribution in [1.29, 1.82) is 0 Å². The van der Waals surface area contributed by atoms with Crippen molar-refractivity contribution in [2.75, 3.05) is 19.6 Å². The molecule has 0 fully saturated rings. The lowest BCUT2D eigenvalue weighted by Gasteiger charge is -2.22. The first-order chi connectivity index (χ1) is 10.4. The van der Waals surface area contributed by atoms with Crippen LogP contribution in [0.5, 0.6) is 0 Å². The lowest BCUT2D eigenvalue weighted by atomic mass is 10.3. The van der Waals surface area contributed by atoms with Crippen LogP contribution in [0.15, 0.2) is 18.7 Å². The molecule has 3 nitrogen and oxygen atoms in total. The van der Waals surface area contributed by atoms with Gasteiger partial charge in [0.25, 0.3) is 0 Å². The van der Waals surface area contributed by atoms with E-state index < -0.39 is 0 Å². The van der Waals surface area contributed by atoms with Crippen molar-refractivity contribution in [1.82, 2.24) is 14.5 Å². The second-order valence-corrected chi connectivity index (χ2v) is 10.9. The van der Waals surface area contributed by atoms with Gasteiger partial charge in [0.1, 0.15) is 0 Å². The molecule has 0 atom stereocenters. The van der Waals surface area contributed by atoms with E-state index in [1.807, 2.05) is 12.5 Å². The number of imidazole rings is 1. The summed E-state index contributed by atoms with van der Waals surface area (Å²) >= 11 is 0. The second kappa shape index (κ2) is 13.3. The highest BCUT2D eigenvalue weighted by Crippen LogP contribution is 2.03. The van der Waals surface area contributed by atoms with Gasteiger partial charge in [-0.3, -0.25) is 0 Å². The summed E-state index contributed by atoms with van der Waals surface area (Å²) in [5.74, 6) is 0. The quantitative estimate of drug-likeness (QED) is 0.387. The number of hydrogen-bond donors (Lipinski definition) is 0. The predicted octanol–water partition coefficient (Wildman–Crippen LogP) is 2.41. The zero-order chi connectivity index (χ0) is 15.2. The topological polar surface area (TPSA) is 21.1 Å². The molecule has 1 rings (SSSR count). The fraction of sp³-hybridized carbons (Fsp3) is 0.812. The van der Waals surface area contributed by atoms with Gasteiger partial charge in [-0.2, -0.15) is 0 Å². The SMILES string of the molecule is CC[SiH2]CCCN(CCC[SiH2]CC)CCCn1ccnc1. The average Bonchev–Trinajstić information content (AvgIpc) is 3.00. The Hall–Kier alpha value is -0.396. The molecule has 0 saturated heterocycles. The molecule has 0 aliphatic carbocycles. The molecule has 0 N–H and O–H groups in total. The number of aromatic nitrogens is 2. The minimum Gasteiger partial charge on any atom is -0.337 e. The van der Waals surface area contributed by atoms with Gasteiger partial charge in [-0.15, -0.1) is 0 Å². The van der Waals surface area contributed by atoms with Gasteiger partial charge in [-0.25, -0.2) is 4.98 Å². The molecule has 0 unspecified atom stereocenters. The molecule has 0 saturated carbocycles.